The van der Waals surface area contributed by atoms with Crippen molar-refractivity contribution in [3.8, 4) is 0 Å². The minimum atomic E-state index is -0.780. The molecule has 0 heterocycles. The first-order valence-electron chi connectivity index (χ1n) is 3.67. The first kappa shape index (κ1) is 10.8. The Morgan fingerprint density at radius 3 is 2.45 bits per heavy atom. The van der Waals surface area contributed by atoms with Gasteiger partial charge in [-0.2, -0.15) is 0 Å². The summed E-state index contributed by atoms with van der Waals surface area (Å²) in [5.41, 5.74) is 0. The molecule has 0 spiro atoms. The van der Waals surface area contributed by atoms with Crippen LogP contribution in [0, 0.1) is 5.92 Å². The maximum atomic E-state index is 10.3. The van der Waals surface area contributed by atoms with Crippen LogP contribution in [0.4, 0.5) is 0 Å². The molecular weight excluding hydrogens is 162 g/mol. The molecule has 1 atom stereocenters. The van der Waals surface area contributed by atoms with Gasteiger partial charge < -0.3 is 5.11 Å². The molecule has 0 bridgehead atoms. The van der Waals surface area contributed by atoms with Crippen LogP contribution in [-0.2, 0) is 4.79 Å². The predicted octanol–water partition coefficient (Wildman–Crippen LogP) is 1.31. The van der Waals surface area contributed by atoms with Crippen LogP contribution in [-0.4, -0.2) is 17.1 Å². The van der Waals surface area contributed by atoms with Crippen molar-refractivity contribution in [1.29, 1.82) is 0 Å². The van der Waals surface area contributed by atoms with Crippen LogP contribution in [0.3, 0.4) is 0 Å². The highest BCUT2D eigenvalue weighted by Gasteiger charge is 2.12. The van der Waals surface area contributed by atoms with Crippen LogP contribution in [0.2, 0.25) is 0 Å². The highest BCUT2D eigenvalue weighted by atomic mass is 32.1. The lowest BCUT2D eigenvalue weighted by atomic mass is 10.0. The second-order valence-corrected chi connectivity index (χ2v) is 3.31. The van der Waals surface area contributed by atoms with Gasteiger partial charge in [-0.15, -0.1) is 0 Å². The number of hydrogen-bond acceptors (Lipinski definition) is 3. The summed E-state index contributed by atoms with van der Waals surface area (Å²) >= 11 is 3.85. The number of carbonyl (C=O) groups is 1. The highest BCUT2D eigenvalue weighted by molar-refractivity contribution is 7.78. The lowest BCUT2D eigenvalue weighted by Crippen LogP contribution is -2.25. The number of aliphatic carboxylic acids is 1. The molecule has 0 aromatic heterocycles. The van der Waals surface area contributed by atoms with E-state index < -0.39 is 5.97 Å². The fraction of sp³-hybridized carbons (Fsp3) is 0.857. The number of nitrogens with one attached hydrogen (secondary N) is 1. The largest absolute Gasteiger partial charge is 0.481 e. The van der Waals surface area contributed by atoms with E-state index in [-0.39, 0.29) is 12.5 Å². The highest BCUT2D eigenvalue weighted by Crippen LogP contribution is 2.08. The van der Waals surface area contributed by atoms with E-state index in [1.807, 2.05) is 0 Å². The van der Waals surface area contributed by atoms with E-state index in [0.29, 0.717) is 5.92 Å². The molecule has 0 fully saturated rings. The maximum absolute atomic E-state index is 10.3. The standard InChI is InChI=1S/C7H15NO2S/c1-5(2)3-6(8-11)4-7(9)10/h5-6,8,11H,3-4H2,1-2H3,(H,9,10). The first-order valence-corrected chi connectivity index (χ1v) is 4.12. The Morgan fingerprint density at radius 2 is 2.18 bits per heavy atom. The molecule has 0 aromatic carbocycles. The zero-order chi connectivity index (χ0) is 8.85. The number of thiol groups is 1. The van der Waals surface area contributed by atoms with Crippen LogP contribution in [0.1, 0.15) is 26.7 Å². The van der Waals surface area contributed by atoms with E-state index in [4.69, 9.17) is 5.11 Å². The van der Waals surface area contributed by atoms with Gasteiger partial charge in [0, 0.05) is 6.04 Å². The molecule has 0 rings (SSSR count). The molecule has 0 radical (unpaired) electrons. The fourth-order valence-electron chi connectivity index (χ4n) is 0.962. The van der Waals surface area contributed by atoms with Gasteiger partial charge in [-0.1, -0.05) is 26.7 Å². The van der Waals surface area contributed by atoms with Crippen molar-refractivity contribution >= 4 is 18.8 Å². The van der Waals surface area contributed by atoms with E-state index >= 15 is 0 Å². The van der Waals surface area contributed by atoms with Crippen molar-refractivity contribution < 1.29 is 9.90 Å². The summed E-state index contributed by atoms with van der Waals surface area (Å²) in [7, 11) is 0. The van der Waals surface area contributed by atoms with Crippen molar-refractivity contribution in [2.45, 2.75) is 32.7 Å². The topological polar surface area (TPSA) is 49.3 Å². The maximum Gasteiger partial charge on any atom is 0.304 e. The molecule has 0 aromatic rings. The third kappa shape index (κ3) is 6.19. The Balaban J connectivity index is 3.66. The average molecular weight is 177 g/mol. The summed E-state index contributed by atoms with van der Waals surface area (Å²) in [4.78, 5) is 10.3. The van der Waals surface area contributed by atoms with Crippen molar-refractivity contribution in [2.75, 3.05) is 0 Å². The van der Waals surface area contributed by atoms with Crippen molar-refractivity contribution in [3.05, 3.63) is 0 Å². The van der Waals surface area contributed by atoms with Gasteiger partial charge in [0.15, 0.2) is 0 Å². The molecule has 0 amide bonds. The predicted molar refractivity (Wildman–Crippen MR) is 47.6 cm³/mol. The summed E-state index contributed by atoms with van der Waals surface area (Å²) in [5.74, 6) is -0.281. The Kier molecular flexibility index (Phi) is 5.32. The molecular formula is C7H15NO2S. The quantitative estimate of drug-likeness (QED) is 0.555. The fourth-order valence-corrected chi connectivity index (χ4v) is 1.16. The zero-order valence-electron chi connectivity index (χ0n) is 6.87. The van der Waals surface area contributed by atoms with Crippen LogP contribution in [0.15, 0.2) is 0 Å². The summed E-state index contributed by atoms with van der Waals surface area (Å²) in [6, 6.07) is -0.0177. The second-order valence-electron chi connectivity index (χ2n) is 3.05. The van der Waals surface area contributed by atoms with Crippen LogP contribution >= 0.6 is 12.8 Å². The first-order chi connectivity index (χ1) is 5.06. The minimum Gasteiger partial charge on any atom is -0.481 e. The Bertz CT molecular complexity index is 128. The molecule has 2 N–H and O–H groups in total. The molecule has 0 saturated heterocycles. The SMILES string of the molecule is CC(C)CC(CC(=O)O)NS. The van der Waals surface area contributed by atoms with Crippen LogP contribution in [0.5, 0.6) is 0 Å². The number of carboxylic acid groups (broad SMARTS) is 1. The molecule has 11 heavy (non-hydrogen) atoms. The Hall–Kier alpha value is -0.220. The minimum absolute atomic E-state index is 0.0177. The monoisotopic (exact) mass is 177 g/mol. The van der Waals surface area contributed by atoms with Crippen molar-refractivity contribution in [3.63, 3.8) is 0 Å². The van der Waals surface area contributed by atoms with Gasteiger partial charge in [0.25, 0.3) is 0 Å². The van der Waals surface area contributed by atoms with E-state index in [1.54, 1.807) is 0 Å². The lowest BCUT2D eigenvalue weighted by molar-refractivity contribution is -0.137. The van der Waals surface area contributed by atoms with E-state index in [1.165, 1.54) is 0 Å². The van der Waals surface area contributed by atoms with E-state index in [0.717, 1.165) is 6.42 Å². The molecule has 3 nitrogen and oxygen atoms in total. The normalized spacial score (nSPS) is 13.5. The van der Waals surface area contributed by atoms with Gasteiger partial charge in [-0.05, 0) is 12.3 Å². The average Bonchev–Trinajstić information content (AvgIpc) is 1.84. The summed E-state index contributed by atoms with van der Waals surface area (Å²) < 4.78 is 2.68. The van der Waals surface area contributed by atoms with Crippen molar-refractivity contribution in [2.24, 2.45) is 5.92 Å². The molecule has 0 aliphatic heterocycles. The van der Waals surface area contributed by atoms with Gasteiger partial charge in [-0.3, -0.25) is 9.52 Å². The third-order valence-electron chi connectivity index (χ3n) is 1.36. The summed E-state index contributed by atoms with van der Waals surface area (Å²) in [6.45, 7) is 4.11. The number of hydrogen-bond donors (Lipinski definition) is 3. The van der Waals surface area contributed by atoms with Crippen molar-refractivity contribution in [1.82, 2.24) is 4.72 Å². The molecule has 66 valence electrons. The van der Waals surface area contributed by atoms with Gasteiger partial charge in [-0.25, -0.2) is 0 Å². The molecule has 4 heteroatoms. The zero-order valence-corrected chi connectivity index (χ0v) is 7.77. The summed E-state index contributed by atoms with van der Waals surface area (Å²) in [5, 5.41) is 8.45. The summed E-state index contributed by atoms with van der Waals surface area (Å²) in [6.07, 6.45) is 0.984. The molecule has 0 aliphatic carbocycles. The molecule has 1 unspecified atom stereocenters. The second kappa shape index (κ2) is 5.43. The number of carboxylic acids is 1. The van der Waals surface area contributed by atoms with Gasteiger partial charge in [0.05, 0.1) is 6.42 Å². The van der Waals surface area contributed by atoms with Gasteiger partial charge in [0.1, 0.15) is 0 Å². The van der Waals surface area contributed by atoms with Gasteiger partial charge in [0.2, 0.25) is 0 Å². The van der Waals surface area contributed by atoms with E-state index in [2.05, 4.69) is 31.4 Å². The molecule has 0 saturated carbocycles. The number of rotatable bonds is 5. The van der Waals surface area contributed by atoms with Crippen LogP contribution in [0.25, 0.3) is 0 Å². The van der Waals surface area contributed by atoms with E-state index in [9.17, 15) is 4.79 Å². The third-order valence-corrected chi connectivity index (χ3v) is 1.72. The molecule has 0 aliphatic rings. The van der Waals surface area contributed by atoms with Crippen LogP contribution < -0.4 is 4.72 Å². The lowest BCUT2D eigenvalue weighted by Gasteiger charge is -2.14. The smallest absolute Gasteiger partial charge is 0.304 e. The Morgan fingerprint density at radius 1 is 1.64 bits per heavy atom. The Labute approximate surface area is 72.7 Å². The van der Waals surface area contributed by atoms with Gasteiger partial charge >= 0.3 is 5.97 Å².